The molecule has 27 heavy (non-hydrogen) atoms. The molecule has 1 N–H and O–H groups in total. The van der Waals surface area contributed by atoms with Gasteiger partial charge in [-0.1, -0.05) is 0 Å². The highest BCUT2D eigenvalue weighted by molar-refractivity contribution is 7.13. The normalized spacial score (nSPS) is 20.8. The molecule has 1 atom stereocenters. The van der Waals surface area contributed by atoms with Crippen molar-refractivity contribution in [3.63, 3.8) is 0 Å². The highest BCUT2D eigenvalue weighted by atomic mass is 32.1. The average Bonchev–Trinajstić information content (AvgIpc) is 3.40. The maximum atomic E-state index is 12.5. The molecule has 7 heteroatoms. The van der Waals surface area contributed by atoms with Crippen LogP contribution in [0.3, 0.4) is 0 Å². The van der Waals surface area contributed by atoms with Gasteiger partial charge in [-0.25, -0.2) is 4.98 Å². The summed E-state index contributed by atoms with van der Waals surface area (Å²) in [6, 6.07) is 8.06. The van der Waals surface area contributed by atoms with E-state index in [0.717, 1.165) is 74.1 Å². The van der Waals surface area contributed by atoms with E-state index in [4.69, 9.17) is 9.72 Å². The van der Waals surface area contributed by atoms with Gasteiger partial charge >= 0.3 is 0 Å². The number of nitrogens with one attached hydrogen (secondary N) is 1. The number of hydrogen-bond donors (Lipinski definition) is 1. The molecular weight excluding hydrogens is 360 g/mol. The minimum atomic E-state index is 0.0437. The predicted octanol–water partition coefficient (Wildman–Crippen LogP) is 2.21. The van der Waals surface area contributed by atoms with Crippen molar-refractivity contribution in [1.82, 2.24) is 20.1 Å². The monoisotopic (exact) mass is 386 g/mol. The lowest BCUT2D eigenvalue weighted by Crippen LogP contribution is -2.52. The van der Waals surface area contributed by atoms with Gasteiger partial charge in [0.2, 0.25) is 5.91 Å². The van der Waals surface area contributed by atoms with Crippen molar-refractivity contribution < 1.29 is 9.53 Å². The number of methoxy groups -OCH3 is 1. The Morgan fingerprint density at radius 2 is 2.04 bits per heavy atom. The van der Waals surface area contributed by atoms with Crippen LogP contribution in [0.2, 0.25) is 0 Å². The number of carbonyl (C=O) groups excluding carboxylic acids is 1. The van der Waals surface area contributed by atoms with E-state index in [1.165, 1.54) is 0 Å². The summed E-state index contributed by atoms with van der Waals surface area (Å²) < 4.78 is 5.21. The number of thiazole rings is 1. The Balaban J connectivity index is 1.30. The quantitative estimate of drug-likeness (QED) is 0.854. The van der Waals surface area contributed by atoms with Crippen LogP contribution < -0.4 is 10.1 Å². The third-order valence-corrected chi connectivity index (χ3v) is 6.26. The lowest BCUT2D eigenvalue weighted by atomic mass is 10.2. The summed E-state index contributed by atoms with van der Waals surface area (Å²) in [5, 5.41) is 6.48. The Morgan fingerprint density at radius 3 is 2.70 bits per heavy atom. The molecule has 1 aromatic heterocycles. The Labute approximate surface area is 164 Å². The number of nitrogens with zero attached hydrogens (tertiary/aromatic N) is 3. The molecule has 0 saturated carbocycles. The SMILES string of the molecule is COc1ccc(-c2nc(CN3CCN(C(=O)C4CCCN4)CC3)cs2)cc1. The Morgan fingerprint density at radius 1 is 1.26 bits per heavy atom. The van der Waals surface area contributed by atoms with Gasteiger partial charge in [-0.15, -0.1) is 11.3 Å². The minimum absolute atomic E-state index is 0.0437. The molecule has 0 spiro atoms. The van der Waals surface area contributed by atoms with Crippen LogP contribution in [0.5, 0.6) is 5.75 Å². The molecule has 1 amide bonds. The number of carbonyl (C=O) groups is 1. The van der Waals surface area contributed by atoms with Crippen LogP contribution in [-0.2, 0) is 11.3 Å². The van der Waals surface area contributed by atoms with E-state index in [1.807, 2.05) is 29.2 Å². The van der Waals surface area contributed by atoms with Crippen molar-refractivity contribution in [2.45, 2.75) is 25.4 Å². The van der Waals surface area contributed by atoms with E-state index >= 15 is 0 Å². The smallest absolute Gasteiger partial charge is 0.239 e. The van der Waals surface area contributed by atoms with Crippen LogP contribution in [0.15, 0.2) is 29.6 Å². The number of rotatable bonds is 5. The number of hydrogen-bond acceptors (Lipinski definition) is 6. The van der Waals surface area contributed by atoms with Crippen LogP contribution in [0, 0.1) is 0 Å². The van der Waals surface area contributed by atoms with E-state index in [9.17, 15) is 4.79 Å². The zero-order valence-corrected chi connectivity index (χ0v) is 16.5. The second-order valence-electron chi connectivity index (χ2n) is 7.12. The molecule has 0 radical (unpaired) electrons. The van der Waals surface area contributed by atoms with Gasteiger partial charge in [0.1, 0.15) is 10.8 Å². The summed E-state index contributed by atoms with van der Waals surface area (Å²) >= 11 is 1.68. The van der Waals surface area contributed by atoms with Crippen LogP contribution in [0.1, 0.15) is 18.5 Å². The van der Waals surface area contributed by atoms with Crippen molar-refractivity contribution in [1.29, 1.82) is 0 Å². The van der Waals surface area contributed by atoms with Gasteiger partial charge in [0, 0.05) is 43.7 Å². The van der Waals surface area contributed by atoms with Gasteiger partial charge < -0.3 is 15.0 Å². The van der Waals surface area contributed by atoms with E-state index in [-0.39, 0.29) is 11.9 Å². The standard InChI is InChI=1S/C20H26N4O2S/c1-26-17-6-4-15(5-7-17)19-22-16(14-27-19)13-23-9-11-24(12-10-23)20(25)18-3-2-8-21-18/h4-7,14,18,21H,2-3,8-13H2,1H3. The minimum Gasteiger partial charge on any atom is -0.497 e. The molecule has 2 saturated heterocycles. The van der Waals surface area contributed by atoms with E-state index in [0.29, 0.717) is 0 Å². The number of aromatic nitrogens is 1. The molecule has 2 aliphatic rings. The fourth-order valence-corrected chi connectivity index (χ4v) is 4.53. The van der Waals surface area contributed by atoms with Crippen molar-refractivity contribution >= 4 is 17.2 Å². The van der Waals surface area contributed by atoms with Gasteiger partial charge in [-0.05, 0) is 43.7 Å². The molecule has 0 aliphatic carbocycles. The summed E-state index contributed by atoms with van der Waals surface area (Å²) in [6.45, 7) is 5.26. The molecule has 1 unspecified atom stereocenters. The third-order valence-electron chi connectivity index (χ3n) is 5.32. The highest BCUT2D eigenvalue weighted by Gasteiger charge is 2.29. The fourth-order valence-electron chi connectivity index (χ4n) is 3.72. The molecule has 2 aliphatic heterocycles. The van der Waals surface area contributed by atoms with Gasteiger partial charge in [-0.3, -0.25) is 9.69 Å². The van der Waals surface area contributed by atoms with Gasteiger partial charge in [0.05, 0.1) is 18.8 Å². The first-order valence-corrected chi connectivity index (χ1v) is 10.4. The third kappa shape index (κ3) is 4.31. The second-order valence-corrected chi connectivity index (χ2v) is 7.98. The molecule has 3 heterocycles. The van der Waals surface area contributed by atoms with Gasteiger partial charge in [0.15, 0.2) is 0 Å². The fraction of sp³-hybridized carbons (Fsp3) is 0.500. The molecule has 2 fully saturated rings. The van der Waals surface area contributed by atoms with Gasteiger partial charge in [-0.2, -0.15) is 0 Å². The summed E-state index contributed by atoms with van der Waals surface area (Å²) in [4.78, 5) is 21.7. The Bertz CT molecular complexity index is 763. The highest BCUT2D eigenvalue weighted by Crippen LogP contribution is 2.26. The number of ether oxygens (including phenoxy) is 1. The topological polar surface area (TPSA) is 57.7 Å². The van der Waals surface area contributed by atoms with Gasteiger partial charge in [0.25, 0.3) is 0 Å². The second kappa shape index (κ2) is 8.37. The maximum absolute atomic E-state index is 12.5. The molecule has 144 valence electrons. The average molecular weight is 387 g/mol. The van der Waals surface area contributed by atoms with Crippen LogP contribution in [0.4, 0.5) is 0 Å². The zero-order chi connectivity index (χ0) is 18.6. The summed E-state index contributed by atoms with van der Waals surface area (Å²) in [5.74, 6) is 1.14. The van der Waals surface area contributed by atoms with Crippen molar-refractivity contribution in [3.8, 4) is 16.3 Å². The van der Waals surface area contributed by atoms with Crippen LogP contribution in [-0.4, -0.2) is 66.6 Å². The van der Waals surface area contributed by atoms with E-state index in [2.05, 4.69) is 15.6 Å². The molecule has 6 nitrogen and oxygen atoms in total. The first-order valence-electron chi connectivity index (χ1n) is 9.56. The summed E-state index contributed by atoms with van der Waals surface area (Å²) in [5.41, 5.74) is 2.22. The number of piperazine rings is 1. The van der Waals surface area contributed by atoms with Crippen molar-refractivity contribution in [2.75, 3.05) is 39.8 Å². The molecule has 0 bridgehead atoms. The lowest BCUT2D eigenvalue weighted by Gasteiger charge is -2.35. The Kier molecular flexibility index (Phi) is 5.71. The number of amides is 1. The molecule has 4 rings (SSSR count). The van der Waals surface area contributed by atoms with Crippen molar-refractivity contribution in [2.24, 2.45) is 0 Å². The molecule has 1 aromatic carbocycles. The maximum Gasteiger partial charge on any atom is 0.239 e. The molecular formula is C20H26N4O2S. The summed E-state index contributed by atoms with van der Waals surface area (Å²) in [7, 11) is 1.67. The summed E-state index contributed by atoms with van der Waals surface area (Å²) in [6.07, 6.45) is 2.09. The lowest BCUT2D eigenvalue weighted by molar-refractivity contribution is -0.134. The van der Waals surface area contributed by atoms with E-state index in [1.54, 1.807) is 18.4 Å². The van der Waals surface area contributed by atoms with E-state index < -0.39 is 0 Å². The zero-order valence-electron chi connectivity index (χ0n) is 15.7. The van der Waals surface area contributed by atoms with Crippen LogP contribution in [0.25, 0.3) is 10.6 Å². The first kappa shape index (κ1) is 18.4. The van der Waals surface area contributed by atoms with Crippen LogP contribution >= 0.6 is 11.3 Å². The van der Waals surface area contributed by atoms with Crippen molar-refractivity contribution in [3.05, 3.63) is 35.3 Å². The molecule has 2 aromatic rings. The largest absolute Gasteiger partial charge is 0.497 e. The number of benzene rings is 1. The first-order chi connectivity index (χ1) is 13.2. The predicted molar refractivity (Wildman–Crippen MR) is 107 cm³/mol. The Hall–Kier alpha value is -1.96.